The summed E-state index contributed by atoms with van der Waals surface area (Å²) in [4.78, 5) is 31.0. The van der Waals surface area contributed by atoms with Crippen molar-refractivity contribution < 1.29 is 9.59 Å². The van der Waals surface area contributed by atoms with E-state index >= 15 is 0 Å². The Morgan fingerprint density at radius 2 is 2.00 bits per heavy atom. The Balaban J connectivity index is 1.38. The molecule has 1 fully saturated rings. The fraction of sp³-hybridized carbons (Fsp3) is 0.217. The highest BCUT2D eigenvalue weighted by atomic mass is 35.5. The van der Waals surface area contributed by atoms with E-state index in [1.54, 1.807) is 48.9 Å². The predicted octanol–water partition coefficient (Wildman–Crippen LogP) is 2.99. The van der Waals surface area contributed by atoms with Crippen molar-refractivity contribution in [3.63, 3.8) is 0 Å². The van der Waals surface area contributed by atoms with Crippen LogP contribution in [-0.4, -0.2) is 38.9 Å². The molecule has 1 saturated heterocycles. The van der Waals surface area contributed by atoms with Gasteiger partial charge in [0.2, 0.25) is 5.91 Å². The average molecular weight is 434 g/mol. The van der Waals surface area contributed by atoms with Crippen LogP contribution in [0.1, 0.15) is 33.6 Å². The lowest BCUT2D eigenvalue weighted by atomic mass is 10.1. The van der Waals surface area contributed by atoms with Crippen molar-refractivity contribution in [2.75, 3.05) is 6.54 Å². The lowest BCUT2D eigenvalue weighted by Gasteiger charge is -2.16. The lowest BCUT2D eigenvalue weighted by molar-refractivity contribution is -0.127. The van der Waals surface area contributed by atoms with Crippen molar-refractivity contribution >= 4 is 23.4 Å². The molecule has 1 aliphatic rings. The van der Waals surface area contributed by atoms with E-state index in [9.17, 15) is 9.59 Å². The Labute approximate surface area is 184 Å². The van der Waals surface area contributed by atoms with Gasteiger partial charge in [0.1, 0.15) is 0 Å². The van der Waals surface area contributed by atoms with Gasteiger partial charge in [-0.05, 0) is 36.2 Å². The van der Waals surface area contributed by atoms with E-state index in [0.29, 0.717) is 42.2 Å². The third-order valence-electron chi connectivity index (χ3n) is 5.32. The molecule has 2 heterocycles. The van der Waals surface area contributed by atoms with Gasteiger partial charge in [0.05, 0.1) is 40.3 Å². The van der Waals surface area contributed by atoms with Crippen LogP contribution in [0.25, 0.3) is 0 Å². The van der Waals surface area contributed by atoms with E-state index in [2.05, 4.69) is 16.4 Å². The minimum Gasteiger partial charge on any atom is -0.329 e. The minimum atomic E-state index is -0.440. The van der Waals surface area contributed by atoms with E-state index in [4.69, 9.17) is 16.9 Å². The van der Waals surface area contributed by atoms with Crippen LogP contribution in [0.2, 0.25) is 5.02 Å². The number of imide groups is 1. The Bertz CT molecular complexity index is 1150. The minimum absolute atomic E-state index is 0.247. The topological polar surface area (TPSA) is 91.0 Å². The molecule has 1 atom stereocenters. The van der Waals surface area contributed by atoms with Crippen LogP contribution in [0.5, 0.6) is 0 Å². The molecular weight excluding hydrogens is 414 g/mol. The van der Waals surface area contributed by atoms with Gasteiger partial charge in [-0.2, -0.15) is 5.26 Å². The largest absolute Gasteiger partial charge is 0.329 e. The third-order valence-corrected chi connectivity index (χ3v) is 5.65. The predicted molar refractivity (Wildman–Crippen MR) is 115 cm³/mol. The van der Waals surface area contributed by atoms with Gasteiger partial charge >= 0.3 is 0 Å². The van der Waals surface area contributed by atoms with E-state index < -0.39 is 6.04 Å². The van der Waals surface area contributed by atoms with Crippen LogP contribution in [0.15, 0.2) is 61.1 Å². The maximum Gasteiger partial charge on any atom is 0.262 e. The molecule has 8 heteroatoms. The molecular formula is C23H20ClN5O2. The Hall–Kier alpha value is -3.47. The molecule has 1 N–H and O–H groups in total. The number of rotatable bonds is 6. The number of nitriles is 1. The van der Waals surface area contributed by atoms with Gasteiger partial charge in [-0.25, -0.2) is 4.98 Å². The van der Waals surface area contributed by atoms with Crippen molar-refractivity contribution in [3.05, 3.63) is 88.5 Å². The van der Waals surface area contributed by atoms with Crippen LogP contribution in [0, 0.1) is 11.3 Å². The van der Waals surface area contributed by atoms with Crippen LogP contribution in [0.4, 0.5) is 0 Å². The highest BCUT2D eigenvalue weighted by molar-refractivity contribution is 6.34. The highest BCUT2D eigenvalue weighted by Gasteiger charge is 2.36. The first-order chi connectivity index (χ1) is 15.1. The molecule has 1 aliphatic heterocycles. The second-order valence-electron chi connectivity index (χ2n) is 7.32. The molecule has 2 amide bonds. The van der Waals surface area contributed by atoms with Gasteiger partial charge in [0, 0.05) is 25.8 Å². The van der Waals surface area contributed by atoms with Gasteiger partial charge in [-0.1, -0.05) is 35.9 Å². The second-order valence-corrected chi connectivity index (χ2v) is 7.73. The number of nitrogens with one attached hydrogen (secondary N) is 1. The Morgan fingerprint density at radius 1 is 1.23 bits per heavy atom. The monoisotopic (exact) mass is 433 g/mol. The quantitative estimate of drug-likeness (QED) is 0.603. The number of likely N-dealkylation sites (tertiary alicyclic amines) is 1. The van der Waals surface area contributed by atoms with Gasteiger partial charge < -0.3 is 9.88 Å². The molecule has 0 radical (unpaired) electrons. The standard InChI is InChI=1S/C23H20ClN5O2/c24-20-4-2-1-3-19(20)22(30)29-10-9-21(23(29)31)27-13-18-12-26-15-28(18)14-17-7-5-16(11-25)6-8-17/h1-8,12,15,21,27H,9-10,13-14H2/t21-/m1/s1. The number of aromatic nitrogens is 2. The summed E-state index contributed by atoms with van der Waals surface area (Å²) in [7, 11) is 0. The average Bonchev–Trinajstić information content (AvgIpc) is 3.38. The second kappa shape index (κ2) is 9.13. The highest BCUT2D eigenvalue weighted by Crippen LogP contribution is 2.21. The molecule has 156 valence electrons. The first-order valence-electron chi connectivity index (χ1n) is 9.88. The summed E-state index contributed by atoms with van der Waals surface area (Å²) < 4.78 is 1.99. The molecule has 0 spiro atoms. The van der Waals surface area contributed by atoms with Gasteiger partial charge in [0.15, 0.2) is 0 Å². The zero-order chi connectivity index (χ0) is 21.8. The number of hydrogen-bond acceptors (Lipinski definition) is 5. The van der Waals surface area contributed by atoms with Gasteiger partial charge in [-0.3, -0.25) is 14.5 Å². The lowest BCUT2D eigenvalue weighted by Crippen LogP contribution is -2.40. The number of imidazole rings is 1. The number of carbonyl (C=O) groups excluding carboxylic acids is 2. The first kappa shape index (κ1) is 20.8. The SMILES string of the molecule is N#Cc1ccc(Cn2cncc2CN[C@@H]2CCN(C(=O)c3ccccc3Cl)C2=O)cc1. The number of halogens is 1. The van der Waals surface area contributed by atoms with Gasteiger partial charge in [0.25, 0.3) is 5.91 Å². The number of carbonyl (C=O) groups is 2. The van der Waals surface area contributed by atoms with Crippen LogP contribution in [-0.2, 0) is 17.9 Å². The molecule has 0 saturated carbocycles. The number of nitrogens with zero attached hydrogens (tertiary/aromatic N) is 4. The zero-order valence-electron chi connectivity index (χ0n) is 16.7. The number of amides is 2. The maximum absolute atomic E-state index is 12.8. The molecule has 0 unspecified atom stereocenters. The summed E-state index contributed by atoms with van der Waals surface area (Å²) in [5, 5.41) is 12.5. The zero-order valence-corrected chi connectivity index (χ0v) is 17.4. The fourth-order valence-electron chi connectivity index (χ4n) is 3.60. The van der Waals surface area contributed by atoms with Gasteiger partial charge in [-0.15, -0.1) is 0 Å². The van der Waals surface area contributed by atoms with Crippen LogP contribution in [0.3, 0.4) is 0 Å². The molecule has 7 nitrogen and oxygen atoms in total. The van der Waals surface area contributed by atoms with E-state index in [-0.39, 0.29) is 11.8 Å². The smallest absolute Gasteiger partial charge is 0.262 e. The summed E-state index contributed by atoms with van der Waals surface area (Å²) in [5.41, 5.74) is 2.92. The molecule has 1 aromatic heterocycles. The van der Waals surface area contributed by atoms with E-state index in [0.717, 1.165) is 11.3 Å². The normalized spacial score (nSPS) is 15.8. The molecule has 4 rings (SSSR count). The molecule has 0 bridgehead atoms. The summed E-state index contributed by atoms with van der Waals surface area (Å²) in [5.74, 6) is -0.617. The molecule has 2 aromatic carbocycles. The summed E-state index contributed by atoms with van der Waals surface area (Å²) >= 11 is 6.11. The Kier molecular flexibility index (Phi) is 6.12. The summed E-state index contributed by atoms with van der Waals surface area (Å²) in [6.45, 7) is 1.41. The van der Waals surface area contributed by atoms with Crippen LogP contribution >= 0.6 is 11.6 Å². The van der Waals surface area contributed by atoms with E-state index in [1.807, 2.05) is 16.7 Å². The van der Waals surface area contributed by atoms with Crippen molar-refractivity contribution in [2.24, 2.45) is 0 Å². The fourth-order valence-corrected chi connectivity index (χ4v) is 3.81. The maximum atomic E-state index is 12.8. The Morgan fingerprint density at radius 3 is 2.74 bits per heavy atom. The first-order valence-corrected chi connectivity index (χ1v) is 10.3. The number of hydrogen-bond donors (Lipinski definition) is 1. The van der Waals surface area contributed by atoms with Crippen molar-refractivity contribution in [2.45, 2.75) is 25.6 Å². The number of benzene rings is 2. The third kappa shape index (κ3) is 4.50. The van der Waals surface area contributed by atoms with Crippen molar-refractivity contribution in [1.82, 2.24) is 19.8 Å². The molecule has 3 aromatic rings. The summed E-state index contributed by atoms with van der Waals surface area (Å²) in [6, 6.07) is 15.8. The molecule has 0 aliphatic carbocycles. The molecule has 31 heavy (non-hydrogen) atoms. The van der Waals surface area contributed by atoms with Crippen molar-refractivity contribution in [3.8, 4) is 6.07 Å². The van der Waals surface area contributed by atoms with E-state index in [1.165, 1.54) is 4.90 Å². The van der Waals surface area contributed by atoms with Crippen molar-refractivity contribution in [1.29, 1.82) is 5.26 Å². The summed E-state index contributed by atoms with van der Waals surface area (Å²) in [6.07, 6.45) is 4.03. The van der Waals surface area contributed by atoms with Crippen LogP contribution < -0.4 is 5.32 Å².